The van der Waals surface area contributed by atoms with E-state index in [0.717, 1.165) is 10.8 Å². The van der Waals surface area contributed by atoms with Gasteiger partial charge in [-0.15, -0.1) is 0 Å². The highest BCUT2D eigenvalue weighted by Crippen LogP contribution is 2.19. The van der Waals surface area contributed by atoms with Crippen LogP contribution < -0.4 is 20.9 Å². The van der Waals surface area contributed by atoms with Gasteiger partial charge in [0.2, 0.25) is 5.91 Å². The molecule has 216 valence electrons. The number of carboxylic acid groups (broad SMARTS) is 1. The van der Waals surface area contributed by atoms with E-state index in [4.69, 9.17) is 4.74 Å². The highest BCUT2D eigenvalue weighted by atomic mass is 16.5. The second-order valence-corrected chi connectivity index (χ2v) is 9.65. The molecule has 10 heteroatoms. The summed E-state index contributed by atoms with van der Waals surface area (Å²) < 4.78 is 6.65. The number of anilines is 1. The van der Waals surface area contributed by atoms with Crippen LogP contribution in [0.5, 0.6) is 5.75 Å². The first-order chi connectivity index (χ1) is 20.3. The number of Topliss-reactive ketones (excluding diaryl/α,β-unsaturated/α-hetero) is 1. The molecule has 0 aliphatic carbocycles. The Morgan fingerprint density at radius 3 is 2.36 bits per heavy atom. The van der Waals surface area contributed by atoms with Crippen LogP contribution in [0.1, 0.15) is 35.8 Å². The summed E-state index contributed by atoms with van der Waals surface area (Å²) in [4.78, 5) is 63.9. The number of amides is 2. The number of carbonyl (C=O) groups is 4. The minimum atomic E-state index is -1.36. The molecule has 3 aromatic carbocycles. The van der Waals surface area contributed by atoms with Crippen LogP contribution in [-0.4, -0.2) is 45.9 Å². The lowest BCUT2D eigenvalue weighted by atomic mass is 10.0. The van der Waals surface area contributed by atoms with E-state index in [1.54, 1.807) is 48.5 Å². The molecule has 0 aliphatic heterocycles. The third-order valence-electron chi connectivity index (χ3n) is 6.58. The zero-order valence-corrected chi connectivity index (χ0v) is 23.0. The van der Waals surface area contributed by atoms with Crippen molar-refractivity contribution in [3.05, 3.63) is 107 Å². The Hall–Kier alpha value is -5.25. The number of pyridine rings is 1. The molecular formula is C32H31N3O7. The number of ketones is 1. The van der Waals surface area contributed by atoms with E-state index in [0.29, 0.717) is 29.8 Å². The molecule has 1 heterocycles. The van der Waals surface area contributed by atoms with Crippen molar-refractivity contribution in [3.63, 3.8) is 0 Å². The monoisotopic (exact) mass is 569 g/mol. The number of aromatic nitrogens is 1. The maximum atomic E-state index is 13.5. The number of aliphatic carboxylic acids is 1. The lowest BCUT2D eigenvalue weighted by Crippen LogP contribution is -2.46. The Labute approximate surface area is 241 Å². The first kappa shape index (κ1) is 29.7. The van der Waals surface area contributed by atoms with E-state index in [-0.39, 0.29) is 5.69 Å². The molecule has 0 saturated carbocycles. The van der Waals surface area contributed by atoms with Crippen molar-refractivity contribution in [1.82, 2.24) is 9.88 Å². The minimum Gasteiger partial charge on any atom is -0.486 e. The number of nitrogens with zero attached hydrogens (tertiary/aromatic N) is 1. The molecule has 42 heavy (non-hydrogen) atoms. The van der Waals surface area contributed by atoms with Gasteiger partial charge in [0.15, 0.2) is 5.78 Å². The molecule has 0 unspecified atom stereocenters. The number of rotatable bonds is 13. The number of fused-ring (bicyclic) bond motifs is 1. The van der Waals surface area contributed by atoms with Crippen molar-refractivity contribution in [2.75, 3.05) is 11.9 Å². The average molecular weight is 570 g/mol. The fraction of sp³-hybridized carbons (Fsp3) is 0.219. The van der Waals surface area contributed by atoms with Crippen LogP contribution in [0.15, 0.2) is 89.7 Å². The van der Waals surface area contributed by atoms with Crippen LogP contribution in [-0.2, 0) is 27.3 Å². The molecule has 4 aromatic rings. The topological polar surface area (TPSA) is 144 Å². The van der Waals surface area contributed by atoms with Crippen molar-refractivity contribution in [1.29, 1.82) is 0 Å². The maximum absolute atomic E-state index is 13.5. The molecule has 1 atom stereocenters. The van der Waals surface area contributed by atoms with Gasteiger partial charge in [-0.05, 0) is 47.5 Å². The van der Waals surface area contributed by atoms with Gasteiger partial charge in [-0.3, -0.25) is 24.0 Å². The highest BCUT2D eigenvalue weighted by Gasteiger charge is 2.25. The number of ether oxygens (including phenoxy) is 1. The Bertz CT molecular complexity index is 1660. The Balaban J connectivity index is 1.52. The van der Waals surface area contributed by atoms with Crippen molar-refractivity contribution in [2.24, 2.45) is 0 Å². The number of carboxylic acids is 1. The zero-order valence-electron chi connectivity index (χ0n) is 23.0. The summed E-state index contributed by atoms with van der Waals surface area (Å²) in [5.41, 5.74) is 0.324. The van der Waals surface area contributed by atoms with E-state index in [2.05, 4.69) is 10.6 Å². The van der Waals surface area contributed by atoms with Crippen molar-refractivity contribution in [2.45, 2.75) is 38.8 Å². The Morgan fingerprint density at radius 1 is 0.905 bits per heavy atom. The predicted molar refractivity (Wildman–Crippen MR) is 158 cm³/mol. The number of para-hydroxylation sites is 1. The van der Waals surface area contributed by atoms with E-state index in [9.17, 15) is 29.1 Å². The molecule has 4 rings (SSSR count). The quantitative estimate of drug-likeness (QED) is 0.222. The molecule has 0 fully saturated rings. The fourth-order valence-corrected chi connectivity index (χ4v) is 4.55. The van der Waals surface area contributed by atoms with Gasteiger partial charge in [0, 0.05) is 11.3 Å². The zero-order chi connectivity index (χ0) is 30.1. The molecule has 0 spiro atoms. The lowest BCUT2D eigenvalue weighted by Gasteiger charge is -2.19. The van der Waals surface area contributed by atoms with Crippen molar-refractivity contribution >= 4 is 40.0 Å². The molecule has 2 amide bonds. The SMILES string of the molecule is CCCc1ccc(NC(=O)c2cccc3ccccc23)c(=O)n1CC(=O)N[C@@H](CC(=O)O)C(=O)COc1ccccc1. The van der Waals surface area contributed by atoms with Crippen LogP contribution in [0, 0.1) is 0 Å². The number of aryl methyl sites for hydroxylation is 1. The van der Waals surface area contributed by atoms with E-state index in [1.165, 1.54) is 10.6 Å². The van der Waals surface area contributed by atoms with Crippen LogP contribution >= 0.6 is 0 Å². The van der Waals surface area contributed by atoms with Gasteiger partial charge in [-0.1, -0.05) is 67.9 Å². The van der Waals surface area contributed by atoms with Crippen LogP contribution in [0.3, 0.4) is 0 Å². The van der Waals surface area contributed by atoms with E-state index >= 15 is 0 Å². The Kier molecular flexibility index (Phi) is 9.83. The second kappa shape index (κ2) is 13.9. The van der Waals surface area contributed by atoms with E-state index in [1.807, 2.05) is 37.3 Å². The van der Waals surface area contributed by atoms with Crippen LogP contribution in [0.25, 0.3) is 10.8 Å². The summed E-state index contributed by atoms with van der Waals surface area (Å²) in [6.07, 6.45) is 0.503. The summed E-state index contributed by atoms with van der Waals surface area (Å²) in [5.74, 6) is -2.70. The first-order valence-electron chi connectivity index (χ1n) is 13.5. The number of benzene rings is 3. The number of nitrogens with one attached hydrogen (secondary N) is 2. The lowest BCUT2D eigenvalue weighted by molar-refractivity contribution is -0.140. The van der Waals surface area contributed by atoms with Crippen LogP contribution in [0.4, 0.5) is 5.69 Å². The fourth-order valence-electron chi connectivity index (χ4n) is 4.55. The minimum absolute atomic E-state index is 0.0185. The molecule has 3 N–H and O–H groups in total. The smallest absolute Gasteiger partial charge is 0.305 e. The third-order valence-corrected chi connectivity index (χ3v) is 6.58. The van der Waals surface area contributed by atoms with Crippen molar-refractivity contribution in [3.8, 4) is 5.75 Å². The molecule has 0 radical (unpaired) electrons. The normalized spacial score (nSPS) is 11.5. The average Bonchev–Trinajstić information content (AvgIpc) is 2.98. The first-order valence-corrected chi connectivity index (χ1v) is 13.5. The van der Waals surface area contributed by atoms with Gasteiger partial charge in [0.05, 0.1) is 6.42 Å². The standard InChI is InChI=1S/C32H31N3O7/c1-2-9-22-16-17-26(34-31(40)25-15-8-11-21-10-6-7-14-24(21)25)32(41)35(22)19-29(37)33-27(18-30(38)39)28(36)20-42-23-12-4-3-5-13-23/h3-8,10-17,27H,2,9,18-20H2,1H3,(H,33,37)(H,34,40)(H,38,39)/t27-/m0/s1. The maximum Gasteiger partial charge on any atom is 0.305 e. The van der Waals surface area contributed by atoms with Gasteiger partial charge < -0.3 is 25.0 Å². The van der Waals surface area contributed by atoms with Crippen molar-refractivity contribution < 1.29 is 29.0 Å². The number of hydrogen-bond donors (Lipinski definition) is 3. The van der Waals surface area contributed by atoms with Crippen LogP contribution in [0.2, 0.25) is 0 Å². The summed E-state index contributed by atoms with van der Waals surface area (Å²) in [6, 6.07) is 23.0. The van der Waals surface area contributed by atoms with Gasteiger partial charge in [0.1, 0.15) is 30.6 Å². The predicted octanol–water partition coefficient (Wildman–Crippen LogP) is 3.81. The Morgan fingerprint density at radius 2 is 1.62 bits per heavy atom. The number of hydrogen-bond acceptors (Lipinski definition) is 6. The molecule has 1 aromatic heterocycles. The summed E-state index contributed by atoms with van der Waals surface area (Å²) in [7, 11) is 0. The van der Waals surface area contributed by atoms with Gasteiger partial charge in [-0.25, -0.2) is 0 Å². The highest BCUT2D eigenvalue weighted by molar-refractivity contribution is 6.12. The largest absolute Gasteiger partial charge is 0.486 e. The van der Waals surface area contributed by atoms with Gasteiger partial charge >= 0.3 is 5.97 Å². The molecular weight excluding hydrogens is 538 g/mol. The third kappa shape index (κ3) is 7.48. The summed E-state index contributed by atoms with van der Waals surface area (Å²) >= 11 is 0. The van der Waals surface area contributed by atoms with E-state index < -0.39 is 54.7 Å². The second-order valence-electron chi connectivity index (χ2n) is 9.65. The molecule has 0 bridgehead atoms. The molecule has 10 nitrogen and oxygen atoms in total. The summed E-state index contributed by atoms with van der Waals surface area (Å²) in [5, 5.41) is 16.0. The van der Waals surface area contributed by atoms with Gasteiger partial charge in [0.25, 0.3) is 11.5 Å². The van der Waals surface area contributed by atoms with Gasteiger partial charge in [-0.2, -0.15) is 0 Å². The molecule has 0 aliphatic rings. The molecule has 0 saturated heterocycles. The summed E-state index contributed by atoms with van der Waals surface area (Å²) in [6.45, 7) is 0.993. The number of carbonyl (C=O) groups excluding carboxylic acids is 3.